The summed E-state index contributed by atoms with van der Waals surface area (Å²) in [5.41, 5.74) is 1.64. The smallest absolute Gasteiger partial charge is 0.328 e. The predicted molar refractivity (Wildman–Crippen MR) is 66.2 cm³/mol. The second-order valence-electron chi connectivity index (χ2n) is 3.60. The van der Waals surface area contributed by atoms with Crippen molar-refractivity contribution < 1.29 is 14.3 Å². The Kier molecular flexibility index (Phi) is 3.43. The Morgan fingerprint density at radius 3 is 2.89 bits per heavy atom. The van der Waals surface area contributed by atoms with Gasteiger partial charge in [-0.2, -0.15) is 0 Å². The van der Waals surface area contributed by atoms with Crippen molar-refractivity contribution >= 4 is 23.6 Å². The van der Waals surface area contributed by atoms with Gasteiger partial charge in [0, 0.05) is 12.2 Å². The van der Waals surface area contributed by atoms with E-state index in [1.165, 1.54) is 6.08 Å². The Hall–Kier alpha value is -2.14. The molecule has 5 nitrogen and oxygen atoms in total. The fourth-order valence-electron chi connectivity index (χ4n) is 1.35. The number of aromatic nitrogens is 2. The van der Waals surface area contributed by atoms with Gasteiger partial charge in [0.2, 0.25) is 11.8 Å². The van der Waals surface area contributed by atoms with Gasteiger partial charge in [0.05, 0.1) is 10.6 Å². The molecule has 0 spiro atoms. The minimum Gasteiger partial charge on any atom is -0.478 e. The van der Waals surface area contributed by atoms with Crippen molar-refractivity contribution in [2.24, 2.45) is 0 Å². The molecule has 0 saturated carbocycles. The molecule has 0 unspecified atom stereocenters. The van der Waals surface area contributed by atoms with Crippen LogP contribution in [0.2, 0.25) is 5.02 Å². The van der Waals surface area contributed by atoms with Crippen LogP contribution in [0.3, 0.4) is 0 Å². The first-order valence-electron chi connectivity index (χ1n) is 5.07. The van der Waals surface area contributed by atoms with Crippen LogP contribution >= 0.6 is 11.6 Å². The lowest BCUT2D eigenvalue weighted by atomic mass is 10.1. The number of halogens is 1. The molecule has 0 aliphatic rings. The molecule has 0 atom stereocenters. The highest BCUT2D eigenvalue weighted by Crippen LogP contribution is 2.27. The van der Waals surface area contributed by atoms with Crippen molar-refractivity contribution in [3.8, 4) is 11.5 Å². The second kappa shape index (κ2) is 5.01. The number of rotatable bonds is 3. The molecule has 6 heteroatoms. The van der Waals surface area contributed by atoms with Gasteiger partial charge in [-0.15, -0.1) is 10.2 Å². The topological polar surface area (TPSA) is 76.2 Å². The van der Waals surface area contributed by atoms with Crippen molar-refractivity contribution in [1.82, 2.24) is 10.2 Å². The summed E-state index contributed by atoms with van der Waals surface area (Å²) in [4.78, 5) is 10.3. The van der Waals surface area contributed by atoms with E-state index in [9.17, 15) is 4.79 Å². The van der Waals surface area contributed by atoms with Crippen molar-refractivity contribution in [3.63, 3.8) is 0 Å². The van der Waals surface area contributed by atoms with Crippen LogP contribution in [0.1, 0.15) is 11.5 Å². The molecule has 18 heavy (non-hydrogen) atoms. The molecule has 0 radical (unpaired) electrons. The van der Waals surface area contributed by atoms with Crippen LogP contribution in [0.4, 0.5) is 0 Å². The minimum atomic E-state index is -1.08. The van der Waals surface area contributed by atoms with Crippen LogP contribution in [0.5, 0.6) is 0 Å². The zero-order valence-electron chi connectivity index (χ0n) is 9.42. The van der Waals surface area contributed by atoms with Gasteiger partial charge in [-0.1, -0.05) is 17.7 Å². The van der Waals surface area contributed by atoms with E-state index in [1.54, 1.807) is 12.1 Å². The molecule has 0 fully saturated rings. The Bertz CT molecular complexity index is 620. The van der Waals surface area contributed by atoms with Gasteiger partial charge in [0.15, 0.2) is 0 Å². The Morgan fingerprint density at radius 1 is 1.44 bits per heavy atom. The molecule has 1 N–H and O–H groups in total. The van der Waals surface area contributed by atoms with Crippen LogP contribution in [0.15, 0.2) is 28.7 Å². The van der Waals surface area contributed by atoms with Crippen LogP contribution in [0, 0.1) is 6.92 Å². The largest absolute Gasteiger partial charge is 0.478 e. The molecule has 1 aromatic carbocycles. The number of aliphatic carboxylic acids is 1. The Labute approximate surface area is 108 Å². The summed E-state index contributed by atoms with van der Waals surface area (Å²) < 4.78 is 5.28. The fraction of sp³-hybridized carbons (Fsp3) is 0.0833. The fourth-order valence-corrected chi connectivity index (χ4v) is 1.66. The first-order chi connectivity index (χ1) is 8.56. The summed E-state index contributed by atoms with van der Waals surface area (Å²) in [7, 11) is 0. The van der Waals surface area contributed by atoms with Crippen molar-refractivity contribution in [1.29, 1.82) is 0 Å². The molecule has 0 saturated heterocycles. The SMILES string of the molecule is Cc1ccc(-c2nnc(/C=C/C(=O)O)o2)c(Cl)c1. The summed E-state index contributed by atoms with van der Waals surface area (Å²) in [6.07, 6.45) is 2.15. The lowest BCUT2D eigenvalue weighted by molar-refractivity contribution is -0.131. The number of hydrogen-bond acceptors (Lipinski definition) is 4. The first-order valence-corrected chi connectivity index (χ1v) is 5.45. The molecule has 92 valence electrons. The number of hydrogen-bond donors (Lipinski definition) is 1. The molecule has 1 heterocycles. The molecule has 1 aromatic heterocycles. The molecule has 0 amide bonds. The van der Waals surface area contributed by atoms with E-state index in [0.29, 0.717) is 10.6 Å². The van der Waals surface area contributed by atoms with Crippen molar-refractivity contribution in [3.05, 3.63) is 40.8 Å². The average Bonchev–Trinajstić information content (AvgIpc) is 2.75. The highest BCUT2D eigenvalue weighted by molar-refractivity contribution is 6.33. The maximum atomic E-state index is 10.3. The molecule has 0 aliphatic heterocycles. The third-order valence-corrected chi connectivity index (χ3v) is 2.48. The predicted octanol–water partition coefficient (Wildman–Crippen LogP) is 2.80. The summed E-state index contributed by atoms with van der Waals surface area (Å²) in [6.45, 7) is 1.92. The van der Waals surface area contributed by atoms with Gasteiger partial charge >= 0.3 is 5.97 Å². The Balaban J connectivity index is 2.32. The van der Waals surface area contributed by atoms with E-state index < -0.39 is 5.97 Å². The molecule has 0 aliphatic carbocycles. The van der Waals surface area contributed by atoms with E-state index in [0.717, 1.165) is 11.6 Å². The van der Waals surface area contributed by atoms with Crippen molar-refractivity contribution in [2.45, 2.75) is 6.92 Å². The summed E-state index contributed by atoms with van der Waals surface area (Å²) >= 11 is 6.06. The number of carboxylic acids is 1. The normalized spacial score (nSPS) is 11.0. The maximum absolute atomic E-state index is 10.3. The van der Waals surface area contributed by atoms with Crippen LogP contribution in [-0.4, -0.2) is 21.3 Å². The first kappa shape index (κ1) is 12.3. The molecule has 0 bridgehead atoms. The standard InChI is InChI=1S/C12H9ClN2O3/c1-7-2-3-8(9(13)6-7)12-15-14-10(18-12)4-5-11(16)17/h2-6H,1H3,(H,16,17)/b5-4+. The van der Waals surface area contributed by atoms with Crippen LogP contribution < -0.4 is 0 Å². The maximum Gasteiger partial charge on any atom is 0.328 e. The third kappa shape index (κ3) is 2.75. The highest BCUT2D eigenvalue weighted by atomic mass is 35.5. The number of benzene rings is 1. The quantitative estimate of drug-likeness (QED) is 0.863. The number of aryl methyl sites for hydroxylation is 1. The van der Waals surface area contributed by atoms with Gasteiger partial charge in [-0.3, -0.25) is 0 Å². The molecule has 2 rings (SSSR count). The second-order valence-corrected chi connectivity index (χ2v) is 4.01. The van der Waals surface area contributed by atoms with E-state index in [4.69, 9.17) is 21.1 Å². The summed E-state index contributed by atoms with van der Waals surface area (Å²) in [6, 6.07) is 5.43. The monoisotopic (exact) mass is 264 g/mol. The van der Waals surface area contributed by atoms with Crippen molar-refractivity contribution in [2.75, 3.05) is 0 Å². The number of carbonyl (C=O) groups is 1. The zero-order chi connectivity index (χ0) is 13.1. The van der Waals surface area contributed by atoms with E-state index >= 15 is 0 Å². The van der Waals surface area contributed by atoms with Gasteiger partial charge in [-0.05, 0) is 24.6 Å². The summed E-state index contributed by atoms with van der Waals surface area (Å²) in [5, 5.41) is 16.5. The van der Waals surface area contributed by atoms with Gasteiger partial charge < -0.3 is 9.52 Å². The van der Waals surface area contributed by atoms with Gasteiger partial charge in [0.25, 0.3) is 0 Å². The van der Waals surface area contributed by atoms with E-state index in [1.807, 2.05) is 13.0 Å². The lowest BCUT2D eigenvalue weighted by Crippen LogP contribution is -1.85. The zero-order valence-corrected chi connectivity index (χ0v) is 10.2. The average molecular weight is 265 g/mol. The number of carboxylic acid groups (broad SMARTS) is 1. The van der Waals surface area contributed by atoms with E-state index in [2.05, 4.69) is 10.2 Å². The molecular formula is C12H9ClN2O3. The summed E-state index contributed by atoms with van der Waals surface area (Å²) in [5.74, 6) is -0.711. The van der Waals surface area contributed by atoms with Gasteiger partial charge in [-0.25, -0.2) is 4.79 Å². The molecule has 2 aromatic rings. The Morgan fingerprint density at radius 2 is 2.22 bits per heavy atom. The minimum absolute atomic E-state index is 0.115. The third-order valence-electron chi connectivity index (χ3n) is 2.16. The molecular weight excluding hydrogens is 256 g/mol. The highest BCUT2D eigenvalue weighted by Gasteiger charge is 2.10. The lowest BCUT2D eigenvalue weighted by Gasteiger charge is -1.99. The van der Waals surface area contributed by atoms with Crippen LogP contribution in [0.25, 0.3) is 17.5 Å². The van der Waals surface area contributed by atoms with Crippen LogP contribution in [-0.2, 0) is 4.79 Å². The number of nitrogens with zero attached hydrogens (tertiary/aromatic N) is 2. The van der Waals surface area contributed by atoms with Gasteiger partial charge in [0.1, 0.15) is 0 Å². The van der Waals surface area contributed by atoms with E-state index in [-0.39, 0.29) is 11.8 Å².